The molecule has 5 heteroatoms. The van der Waals surface area contributed by atoms with Gasteiger partial charge in [-0.25, -0.2) is 4.68 Å². The quantitative estimate of drug-likeness (QED) is 0.522. The Morgan fingerprint density at radius 1 is 1.11 bits per heavy atom. The summed E-state index contributed by atoms with van der Waals surface area (Å²) >= 11 is 0. The van der Waals surface area contributed by atoms with Crippen molar-refractivity contribution in [1.82, 2.24) is 14.8 Å². The van der Waals surface area contributed by atoms with Gasteiger partial charge in [-0.1, -0.05) is 6.07 Å². The molecule has 0 unspecified atom stereocenters. The number of furan rings is 1. The van der Waals surface area contributed by atoms with Crippen LogP contribution in [0.1, 0.15) is 11.5 Å². The highest BCUT2D eigenvalue weighted by molar-refractivity contribution is 6.03. The van der Waals surface area contributed by atoms with E-state index in [1.54, 1.807) is 10.9 Å². The summed E-state index contributed by atoms with van der Waals surface area (Å²) in [7, 11) is 0. The summed E-state index contributed by atoms with van der Waals surface area (Å²) in [5.74, 6) is 0.608. The molecular weight excluding hydrogens is 242 g/mol. The van der Waals surface area contributed by atoms with Crippen molar-refractivity contribution >= 4 is 22.3 Å². The van der Waals surface area contributed by atoms with E-state index in [-0.39, 0.29) is 0 Å². The van der Waals surface area contributed by atoms with E-state index >= 15 is 0 Å². The van der Waals surface area contributed by atoms with E-state index in [0.29, 0.717) is 17.2 Å². The second-order valence-corrected chi connectivity index (χ2v) is 4.53. The Labute approximate surface area is 108 Å². The van der Waals surface area contributed by atoms with Gasteiger partial charge in [0.05, 0.1) is 5.39 Å². The molecular formula is C14H11N3O2. The molecule has 4 aromatic rings. The number of rotatable bonds is 1. The fraction of sp³-hybridized carbons (Fsp3) is 0.143. The maximum Gasteiger partial charge on any atom is 0.267 e. The maximum absolute atomic E-state index is 5.84. The Balaban J connectivity index is 2.17. The predicted octanol–water partition coefficient (Wildman–Crippen LogP) is 3.38. The van der Waals surface area contributed by atoms with Crippen LogP contribution in [0.3, 0.4) is 0 Å². The zero-order valence-corrected chi connectivity index (χ0v) is 10.5. The molecule has 0 aliphatic carbocycles. The van der Waals surface area contributed by atoms with Crippen LogP contribution < -0.4 is 0 Å². The van der Waals surface area contributed by atoms with Gasteiger partial charge in [-0.2, -0.15) is 10.1 Å². The van der Waals surface area contributed by atoms with Crippen molar-refractivity contribution in [3.63, 3.8) is 0 Å². The molecule has 0 saturated carbocycles. The van der Waals surface area contributed by atoms with Crippen LogP contribution in [0.4, 0.5) is 0 Å². The Morgan fingerprint density at radius 3 is 2.79 bits per heavy atom. The molecule has 0 radical (unpaired) electrons. The van der Waals surface area contributed by atoms with Gasteiger partial charge in [0, 0.05) is 19.3 Å². The highest BCUT2D eigenvalue weighted by Gasteiger charge is 2.18. The van der Waals surface area contributed by atoms with E-state index in [1.807, 2.05) is 38.2 Å². The van der Waals surface area contributed by atoms with Crippen LogP contribution in [0, 0.1) is 13.8 Å². The van der Waals surface area contributed by atoms with Crippen molar-refractivity contribution in [2.75, 3.05) is 0 Å². The Hall–Kier alpha value is -2.56. The lowest BCUT2D eigenvalue weighted by Gasteiger charge is -2.05. The van der Waals surface area contributed by atoms with Gasteiger partial charge in [-0.15, -0.1) is 0 Å². The minimum atomic E-state index is 0.534. The van der Waals surface area contributed by atoms with Gasteiger partial charge >= 0.3 is 0 Å². The van der Waals surface area contributed by atoms with Gasteiger partial charge in [0.2, 0.25) is 5.58 Å². The highest BCUT2D eigenvalue weighted by Crippen LogP contribution is 2.34. The Kier molecular flexibility index (Phi) is 1.90. The molecule has 19 heavy (non-hydrogen) atoms. The predicted molar refractivity (Wildman–Crippen MR) is 70.4 cm³/mol. The van der Waals surface area contributed by atoms with Crippen LogP contribution in [-0.4, -0.2) is 14.8 Å². The van der Waals surface area contributed by atoms with E-state index < -0.39 is 0 Å². The Bertz CT molecular complexity index is 884. The van der Waals surface area contributed by atoms with Crippen molar-refractivity contribution in [2.45, 2.75) is 13.8 Å². The summed E-state index contributed by atoms with van der Waals surface area (Å²) < 4.78 is 13.2. The smallest absolute Gasteiger partial charge is 0.267 e. The number of aryl methyl sites for hydroxylation is 2. The first-order chi connectivity index (χ1) is 9.24. The molecule has 4 rings (SSSR count). The van der Waals surface area contributed by atoms with Gasteiger partial charge in [-0.05, 0) is 24.6 Å². The van der Waals surface area contributed by atoms with Gasteiger partial charge in [0.1, 0.15) is 5.69 Å². The monoisotopic (exact) mass is 253 g/mol. The molecule has 0 fully saturated rings. The second kappa shape index (κ2) is 3.47. The van der Waals surface area contributed by atoms with Crippen molar-refractivity contribution in [3.8, 4) is 5.69 Å². The maximum atomic E-state index is 5.84. The standard InChI is InChI=1S/C14H11N3O2/c1-8-4-5-10-12(11(8)17-7-3-6-15-17)19-14-13(10)18-9(2)16-14/h3-7H,1-2H3. The molecule has 0 spiro atoms. The van der Waals surface area contributed by atoms with Crippen LogP contribution in [0.15, 0.2) is 39.4 Å². The van der Waals surface area contributed by atoms with Crippen molar-refractivity contribution in [3.05, 3.63) is 42.0 Å². The third kappa shape index (κ3) is 1.35. The van der Waals surface area contributed by atoms with Gasteiger partial charge in [-0.3, -0.25) is 0 Å². The van der Waals surface area contributed by atoms with Crippen molar-refractivity contribution < 1.29 is 8.83 Å². The number of oxazole rings is 1. The summed E-state index contributed by atoms with van der Waals surface area (Å²) in [6, 6.07) is 5.91. The molecule has 0 atom stereocenters. The largest absolute Gasteiger partial charge is 0.437 e. The van der Waals surface area contributed by atoms with Crippen LogP contribution in [0.2, 0.25) is 0 Å². The molecule has 0 bridgehead atoms. The minimum absolute atomic E-state index is 0.534. The molecule has 94 valence electrons. The second-order valence-electron chi connectivity index (χ2n) is 4.53. The number of fused-ring (bicyclic) bond motifs is 3. The molecule has 5 nitrogen and oxygen atoms in total. The van der Waals surface area contributed by atoms with Gasteiger partial charge in [0.15, 0.2) is 11.5 Å². The van der Waals surface area contributed by atoms with Crippen LogP contribution in [-0.2, 0) is 0 Å². The molecule has 0 amide bonds. The molecule has 0 aliphatic heterocycles. The summed E-state index contributed by atoms with van der Waals surface area (Å²) in [5, 5.41) is 5.20. The minimum Gasteiger partial charge on any atom is -0.437 e. The zero-order chi connectivity index (χ0) is 13.0. The van der Waals surface area contributed by atoms with Gasteiger partial charge < -0.3 is 8.83 Å². The Morgan fingerprint density at radius 2 is 2.00 bits per heavy atom. The van der Waals surface area contributed by atoms with E-state index in [2.05, 4.69) is 10.1 Å². The first-order valence-corrected chi connectivity index (χ1v) is 6.03. The lowest BCUT2D eigenvalue weighted by atomic mass is 10.1. The van der Waals surface area contributed by atoms with E-state index in [0.717, 1.165) is 22.2 Å². The van der Waals surface area contributed by atoms with E-state index in [9.17, 15) is 0 Å². The number of hydrogen-bond acceptors (Lipinski definition) is 4. The number of benzene rings is 1. The summed E-state index contributed by atoms with van der Waals surface area (Å²) in [4.78, 5) is 4.24. The summed E-state index contributed by atoms with van der Waals surface area (Å²) in [5.41, 5.74) is 4.00. The number of hydrogen-bond donors (Lipinski definition) is 0. The normalized spacial score (nSPS) is 11.7. The van der Waals surface area contributed by atoms with E-state index in [4.69, 9.17) is 8.83 Å². The third-order valence-electron chi connectivity index (χ3n) is 3.21. The fourth-order valence-electron chi connectivity index (χ4n) is 2.38. The lowest BCUT2D eigenvalue weighted by molar-refractivity contribution is 0.563. The molecule has 0 N–H and O–H groups in total. The molecule has 0 aliphatic rings. The van der Waals surface area contributed by atoms with Crippen LogP contribution in [0.25, 0.3) is 28.0 Å². The molecule has 0 saturated heterocycles. The first kappa shape index (κ1) is 10.4. The van der Waals surface area contributed by atoms with Crippen molar-refractivity contribution in [1.29, 1.82) is 0 Å². The van der Waals surface area contributed by atoms with Crippen LogP contribution in [0.5, 0.6) is 0 Å². The molecule has 1 aromatic carbocycles. The van der Waals surface area contributed by atoms with Crippen molar-refractivity contribution in [2.24, 2.45) is 0 Å². The first-order valence-electron chi connectivity index (χ1n) is 6.03. The molecule has 3 heterocycles. The summed E-state index contributed by atoms with van der Waals surface area (Å²) in [6.45, 7) is 3.84. The molecule has 3 aromatic heterocycles. The fourth-order valence-corrected chi connectivity index (χ4v) is 2.38. The third-order valence-corrected chi connectivity index (χ3v) is 3.21. The number of nitrogens with zero attached hydrogens (tertiary/aromatic N) is 3. The van der Waals surface area contributed by atoms with Crippen LogP contribution >= 0.6 is 0 Å². The zero-order valence-electron chi connectivity index (χ0n) is 10.5. The lowest BCUT2D eigenvalue weighted by Crippen LogP contribution is -1.97. The SMILES string of the molecule is Cc1nc2oc3c(-n4cccn4)c(C)ccc3c2o1. The van der Waals surface area contributed by atoms with Gasteiger partial charge in [0.25, 0.3) is 5.71 Å². The average Bonchev–Trinajstić information content (AvgIpc) is 3.04. The topological polar surface area (TPSA) is 57.0 Å². The van der Waals surface area contributed by atoms with E-state index in [1.165, 1.54) is 0 Å². The highest BCUT2D eigenvalue weighted by atomic mass is 16.4. The number of aromatic nitrogens is 3. The summed E-state index contributed by atoms with van der Waals surface area (Å²) in [6.07, 6.45) is 3.64. The average molecular weight is 253 g/mol.